The van der Waals surface area contributed by atoms with Crippen LogP contribution in [0.4, 0.5) is 0 Å². The molecule has 0 saturated heterocycles. The summed E-state index contributed by atoms with van der Waals surface area (Å²) in [6.45, 7) is 5.18. The van der Waals surface area contributed by atoms with E-state index in [9.17, 15) is 0 Å². The third kappa shape index (κ3) is 0.868. The molecule has 2 rings (SSSR count). The normalized spacial score (nSPS) is 46.6. The van der Waals surface area contributed by atoms with Gasteiger partial charge >= 0.3 is 0 Å². The molecule has 0 radical (unpaired) electrons. The SMILES string of the molecule is CC1(C)[C@@H]2CC[C@@H]1[C@H](CO)C2. The Morgan fingerprint density at radius 3 is 2.36 bits per heavy atom. The van der Waals surface area contributed by atoms with Gasteiger partial charge in [-0.3, -0.25) is 0 Å². The second-order valence-electron chi connectivity index (χ2n) is 4.88. The second-order valence-corrected chi connectivity index (χ2v) is 4.88. The van der Waals surface area contributed by atoms with E-state index >= 15 is 0 Å². The zero-order valence-corrected chi connectivity index (χ0v) is 7.51. The molecule has 0 aromatic carbocycles. The maximum absolute atomic E-state index is 9.12. The van der Waals surface area contributed by atoms with Crippen LogP contribution in [-0.2, 0) is 0 Å². The van der Waals surface area contributed by atoms with Crippen LogP contribution in [0.3, 0.4) is 0 Å². The van der Waals surface area contributed by atoms with Gasteiger partial charge in [-0.05, 0) is 42.4 Å². The van der Waals surface area contributed by atoms with Gasteiger partial charge < -0.3 is 5.11 Å². The largest absolute Gasteiger partial charge is 0.396 e. The van der Waals surface area contributed by atoms with Crippen molar-refractivity contribution >= 4 is 0 Å². The summed E-state index contributed by atoms with van der Waals surface area (Å²) >= 11 is 0. The van der Waals surface area contributed by atoms with E-state index in [1.165, 1.54) is 19.3 Å². The van der Waals surface area contributed by atoms with Crippen molar-refractivity contribution in [3.05, 3.63) is 0 Å². The van der Waals surface area contributed by atoms with Gasteiger partial charge in [0, 0.05) is 6.61 Å². The Hall–Kier alpha value is -0.0400. The average molecular weight is 154 g/mol. The smallest absolute Gasteiger partial charge is 0.0462 e. The van der Waals surface area contributed by atoms with Crippen LogP contribution in [0.25, 0.3) is 0 Å². The van der Waals surface area contributed by atoms with Gasteiger partial charge in [0.05, 0.1) is 0 Å². The van der Waals surface area contributed by atoms with Crippen LogP contribution in [0.5, 0.6) is 0 Å². The van der Waals surface area contributed by atoms with Crippen molar-refractivity contribution in [1.29, 1.82) is 0 Å². The number of aliphatic hydroxyl groups excluding tert-OH is 1. The molecular weight excluding hydrogens is 136 g/mol. The summed E-state index contributed by atoms with van der Waals surface area (Å²) in [4.78, 5) is 0. The molecule has 0 heterocycles. The van der Waals surface area contributed by atoms with E-state index in [0.29, 0.717) is 17.9 Å². The average Bonchev–Trinajstić information content (AvgIpc) is 2.40. The molecule has 0 aromatic heterocycles. The Kier molecular flexibility index (Phi) is 1.54. The lowest BCUT2D eigenvalue weighted by molar-refractivity contribution is 0.155. The number of hydrogen-bond acceptors (Lipinski definition) is 1. The molecule has 0 aromatic rings. The van der Waals surface area contributed by atoms with Crippen LogP contribution in [0.15, 0.2) is 0 Å². The van der Waals surface area contributed by atoms with Gasteiger partial charge in [-0.15, -0.1) is 0 Å². The van der Waals surface area contributed by atoms with Gasteiger partial charge in [-0.25, -0.2) is 0 Å². The van der Waals surface area contributed by atoms with Crippen LogP contribution in [0.2, 0.25) is 0 Å². The number of hydrogen-bond donors (Lipinski definition) is 1. The fourth-order valence-electron chi connectivity index (χ4n) is 3.42. The van der Waals surface area contributed by atoms with E-state index in [4.69, 9.17) is 5.11 Å². The second kappa shape index (κ2) is 2.22. The first-order valence-electron chi connectivity index (χ1n) is 4.77. The predicted molar refractivity (Wildman–Crippen MR) is 45.2 cm³/mol. The van der Waals surface area contributed by atoms with Crippen molar-refractivity contribution in [1.82, 2.24) is 0 Å². The molecule has 2 aliphatic carbocycles. The van der Waals surface area contributed by atoms with Crippen LogP contribution < -0.4 is 0 Å². The predicted octanol–water partition coefficient (Wildman–Crippen LogP) is 2.05. The van der Waals surface area contributed by atoms with Crippen molar-refractivity contribution in [3.63, 3.8) is 0 Å². The van der Waals surface area contributed by atoms with Crippen molar-refractivity contribution in [2.45, 2.75) is 33.1 Å². The number of rotatable bonds is 1. The molecule has 0 unspecified atom stereocenters. The molecule has 11 heavy (non-hydrogen) atoms. The zero-order valence-electron chi connectivity index (χ0n) is 7.51. The van der Waals surface area contributed by atoms with E-state index in [1.54, 1.807) is 0 Å². The molecule has 3 atom stereocenters. The van der Waals surface area contributed by atoms with Gasteiger partial charge in [-0.2, -0.15) is 0 Å². The van der Waals surface area contributed by atoms with Gasteiger partial charge in [0.15, 0.2) is 0 Å². The standard InChI is InChI=1S/C10H18O/c1-10(2)8-3-4-9(10)7(5-8)6-11/h7-9,11H,3-6H2,1-2H3/t7-,8+,9+/m0/s1. The van der Waals surface area contributed by atoms with E-state index in [0.717, 1.165) is 11.8 Å². The minimum absolute atomic E-state index is 0.421. The van der Waals surface area contributed by atoms with E-state index in [2.05, 4.69) is 13.8 Å². The molecule has 2 saturated carbocycles. The maximum Gasteiger partial charge on any atom is 0.0462 e. The molecular formula is C10H18O. The fraction of sp³-hybridized carbons (Fsp3) is 1.00. The van der Waals surface area contributed by atoms with Gasteiger partial charge in [-0.1, -0.05) is 13.8 Å². The van der Waals surface area contributed by atoms with Crippen LogP contribution in [0, 0.1) is 23.2 Å². The van der Waals surface area contributed by atoms with Crippen molar-refractivity contribution in [3.8, 4) is 0 Å². The molecule has 1 heteroatoms. The highest BCUT2D eigenvalue weighted by atomic mass is 16.3. The molecule has 2 fully saturated rings. The highest BCUT2D eigenvalue weighted by Gasteiger charge is 2.52. The molecule has 2 bridgehead atoms. The third-order valence-electron chi connectivity index (χ3n) is 4.22. The van der Waals surface area contributed by atoms with E-state index in [1.807, 2.05) is 0 Å². The highest BCUT2D eigenvalue weighted by molar-refractivity contribution is 5.01. The third-order valence-corrected chi connectivity index (χ3v) is 4.22. The zero-order chi connectivity index (χ0) is 8.06. The lowest BCUT2D eigenvalue weighted by atomic mass is 9.80. The lowest BCUT2D eigenvalue weighted by Gasteiger charge is -2.25. The molecule has 0 amide bonds. The first-order valence-corrected chi connectivity index (χ1v) is 4.77. The van der Waals surface area contributed by atoms with Crippen molar-refractivity contribution in [2.75, 3.05) is 6.61 Å². The monoisotopic (exact) mass is 154 g/mol. The van der Waals surface area contributed by atoms with Crippen molar-refractivity contribution in [2.24, 2.45) is 23.2 Å². The summed E-state index contributed by atoms with van der Waals surface area (Å²) in [5.74, 6) is 2.35. The highest BCUT2D eigenvalue weighted by Crippen LogP contribution is 2.59. The fourth-order valence-corrected chi connectivity index (χ4v) is 3.42. The minimum atomic E-state index is 0.421. The van der Waals surface area contributed by atoms with Gasteiger partial charge in [0.25, 0.3) is 0 Å². The number of aliphatic hydroxyl groups is 1. The first kappa shape index (κ1) is 7.60. The first-order chi connectivity index (χ1) is 5.16. The summed E-state index contributed by atoms with van der Waals surface area (Å²) in [5, 5.41) is 9.12. The van der Waals surface area contributed by atoms with Crippen LogP contribution in [0.1, 0.15) is 33.1 Å². The molecule has 64 valence electrons. The molecule has 0 spiro atoms. The van der Waals surface area contributed by atoms with Gasteiger partial charge in [0.2, 0.25) is 0 Å². The summed E-state index contributed by atoms with van der Waals surface area (Å²) in [6, 6.07) is 0. The Labute approximate surface area is 68.8 Å². The quantitative estimate of drug-likeness (QED) is 0.613. The Bertz CT molecular complexity index is 162. The van der Waals surface area contributed by atoms with Crippen LogP contribution in [-0.4, -0.2) is 11.7 Å². The Morgan fingerprint density at radius 1 is 1.36 bits per heavy atom. The van der Waals surface area contributed by atoms with Crippen LogP contribution >= 0.6 is 0 Å². The molecule has 1 nitrogen and oxygen atoms in total. The topological polar surface area (TPSA) is 20.2 Å². The lowest BCUT2D eigenvalue weighted by Crippen LogP contribution is -2.21. The maximum atomic E-state index is 9.12. The van der Waals surface area contributed by atoms with Gasteiger partial charge in [0.1, 0.15) is 0 Å². The summed E-state index contributed by atoms with van der Waals surface area (Å²) in [5.41, 5.74) is 0.535. The van der Waals surface area contributed by atoms with Crippen molar-refractivity contribution < 1.29 is 5.11 Å². The Balaban J connectivity index is 2.19. The molecule has 1 N–H and O–H groups in total. The molecule has 2 aliphatic rings. The summed E-state index contributed by atoms with van der Waals surface area (Å²) in [7, 11) is 0. The molecule has 0 aliphatic heterocycles. The van der Waals surface area contributed by atoms with E-state index in [-0.39, 0.29) is 0 Å². The minimum Gasteiger partial charge on any atom is -0.396 e. The Morgan fingerprint density at radius 2 is 2.09 bits per heavy atom. The van der Waals surface area contributed by atoms with E-state index < -0.39 is 0 Å². The summed E-state index contributed by atoms with van der Waals surface area (Å²) in [6.07, 6.45) is 4.06. The number of fused-ring (bicyclic) bond motifs is 2. The summed E-state index contributed by atoms with van der Waals surface area (Å²) < 4.78 is 0.